The molecule has 0 unspecified atom stereocenters. The van der Waals surface area contributed by atoms with Crippen molar-refractivity contribution in [3.63, 3.8) is 0 Å². The van der Waals surface area contributed by atoms with Gasteiger partial charge in [-0.1, -0.05) is 19.9 Å². The molecule has 1 aromatic heterocycles. The molecule has 182 valence electrons. The van der Waals surface area contributed by atoms with E-state index >= 15 is 0 Å². The van der Waals surface area contributed by atoms with Crippen LogP contribution >= 0.6 is 11.3 Å². The van der Waals surface area contributed by atoms with Gasteiger partial charge in [0.1, 0.15) is 18.1 Å². The summed E-state index contributed by atoms with van der Waals surface area (Å²) in [4.78, 5) is 28.9. The van der Waals surface area contributed by atoms with Gasteiger partial charge in [0.25, 0.3) is 0 Å². The van der Waals surface area contributed by atoms with Gasteiger partial charge in [-0.3, -0.25) is 9.59 Å². The first-order valence-electron chi connectivity index (χ1n) is 11.8. The number of thiophene rings is 1. The van der Waals surface area contributed by atoms with E-state index in [9.17, 15) is 14.7 Å². The normalized spacial score (nSPS) is 10.9. The van der Waals surface area contributed by atoms with Gasteiger partial charge in [0, 0.05) is 38.2 Å². The number of benzene rings is 3. The number of rotatable bonds is 10. The monoisotopic (exact) mass is 497 g/mol. The highest BCUT2D eigenvalue weighted by molar-refractivity contribution is 7.22. The van der Waals surface area contributed by atoms with E-state index in [1.807, 2.05) is 12.1 Å². The molecule has 1 N–H and O–H groups in total. The number of nitrogens with zero attached hydrogens (tertiary/aromatic N) is 1. The van der Waals surface area contributed by atoms with Crippen molar-refractivity contribution in [1.29, 1.82) is 0 Å². The molecule has 6 heteroatoms. The molecule has 0 aliphatic carbocycles. The second-order valence-electron chi connectivity index (χ2n) is 8.27. The smallest absolute Gasteiger partial charge is 0.235 e. The highest BCUT2D eigenvalue weighted by Gasteiger charge is 2.22. The van der Waals surface area contributed by atoms with Crippen LogP contribution in [0.25, 0.3) is 20.5 Å². The lowest BCUT2D eigenvalue weighted by Gasteiger charge is -2.18. The van der Waals surface area contributed by atoms with E-state index in [4.69, 9.17) is 11.2 Å². The van der Waals surface area contributed by atoms with Gasteiger partial charge in [0.05, 0.1) is 0 Å². The molecule has 4 aromatic rings. The predicted molar refractivity (Wildman–Crippen MR) is 145 cm³/mol. The number of hydrogen-bond donors (Lipinski definition) is 1. The third-order valence-electron chi connectivity index (χ3n) is 6.13. The molecular weight excluding hydrogens is 470 g/mol. The first-order chi connectivity index (χ1) is 17.4. The molecule has 0 aliphatic rings. The molecule has 3 aromatic carbocycles. The molecule has 5 nitrogen and oxygen atoms in total. The molecular formula is C30H27NO4S. The molecule has 0 amide bonds. The van der Waals surface area contributed by atoms with E-state index < -0.39 is 5.78 Å². The predicted octanol–water partition coefficient (Wildman–Crippen LogP) is 6.04. The van der Waals surface area contributed by atoms with Crippen molar-refractivity contribution in [2.75, 3.05) is 26.2 Å². The maximum atomic E-state index is 13.8. The lowest BCUT2D eigenvalue weighted by molar-refractivity contribution is 0.103. The lowest BCUT2D eigenvalue weighted by Crippen LogP contribution is -2.27. The Labute approximate surface area is 215 Å². The summed E-state index contributed by atoms with van der Waals surface area (Å²) in [5, 5.41) is 10.5. The molecule has 4 rings (SSSR count). The van der Waals surface area contributed by atoms with Crippen LogP contribution in [0, 0.1) is 12.3 Å². The van der Waals surface area contributed by atoms with Gasteiger partial charge in [-0.05, 0) is 85.2 Å². The lowest BCUT2D eigenvalue weighted by atomic mass is 9.96. The zero-order valence-corrected chi connectivity index (χ0v) is 21.1. The molecule has 0 saturated heterocycles. The standard InChI is InChI=1S/C30H27NO4S/c1-4-26(33)22-11-16-25-27(19-22)36-30(21-7-12-23(32)13-8-21)28(25)29(34)20-9-14-24(15-10-20)35-18-17-31(5-2)6-3/h1,7-16,19,32H,5-6,17-18H2,2-3H3. The maximum Gasteiger partial charge on any atom is 0.235 e. The molecule has 0 atom stereocenters. The molecule has 36 heavy (non-hydrogen) atoms. The van der Waals surface area contributed by atoms with Gasteiger partial charge in [0.2, 0.25) is 5.78 Å². The Hall–Kier alpha value is -3.92. The number of aromatic hydroxyl groups is 1. The van der Waals surface area contributed by atoms with Gasteiger partial charge in [-0.25, -0.2) is 0 Å². The highest BCUT2D eigenvalue weighted by Crippen LogP contribution is 2.41. The van der Waals surface area contributed by atoms with Crippen molar-refractivity contribution in [2.24, 2.45) is 0 Å². The van der Waals surface area contributed by atoms with Crippen LogP contribution in [0.3, 0.4) is 0 Å². The number of phenolic OH excluding ortho intramolecular Hbond substituents is 1. The fourth-order valence-corrected chi connectivity index (χ4v) is 5.29. The Kier molecular flexibility index (Phi) is 7.84. The van der Waals surface area contributed by atoms with Crippen molar-refractivity contribution < 1.29 is 19.4 Å². The maximum absolute atomic E-state index is 13.8. The molecule has 0 fully saturated rings. The van der Waals surface area contributed by atoms with Crippen molar-refractivity contribution in [3.05, 3.63) is 83.4 Å². The molecule has 0 radical (unpaired) electrons. The number of carbonyl (C=O) groups excluding carboxylic acids is 2. The summed E-state index contributed by atoms with van der Waals surface area (Å²) >= 11 is 1.42. The average Bonchev–Trinajstić information content (AvgIpc) is 3.29. The van der Waals surface area contributed by atoms with E-state index in [0.717, 1.165) is 40.2 Å². The third kappa shape index (κ3) is 5.33. The summed E-state index contributed by atoms with van der Waals surface area (Å²) < 4.78 is 6.65. The second kappa shape index (κ2) is 11.2. The van der Waals surface area contributed by atoms with E-state index in [-0.39, 0.29) is 11.5 Å². The van der Waals surface area contributed by atoms with E-state index in [1.54, 1.807) is 54.6 Å². The van der Waals surface area contributed by atoms with Gasteiger partial charge in [-0.15, -0.1) is 17.8 Å². The number of likely N-dealkylation sites (N-methyl/N-ethyl adjacent to an activating group) is 1. The second-order valence-corrected chi connectivity index (χ2v) is 9.32. The molecule has 1 heterocycles. The van der Waals surface area contributed by atoms with E-state index in [0.29, 0.717) is 29.0 Å². The number of ether oxygens (including phenoxy) is 1. The van der Waals surface area contributed by atoms with Crippen molar-refractivity contribution in [1.82, 2.24) is 4.90 Å². The topological polar surface area (TPSA) is 66.8 Å². The minimum absolute atomic E-state index is 0.130. The van der Waals surface area contributed by atoms with Crippen LogP contribution in [0.4, 0.5) is 0 Å². The van der Waals surface area contributed by atoms with Crippen LogP contribution < -0.4 is 4.74 Å². The fourth-order valence-electron chi connectivity index (χ4n) is 4.04. The number of hydrogen-bond acceptors (Lipinski definition) is 6. The zero-order valence-electron chi connectivity index (χ0n) is 20.3. The van der Waals surface area contributed by atoms with E-state index in [2.05, 4.69) is 24.7 Å². The van der Waals surface area contributed by atoms with Crippen LogP contribution in [-0.4, -0.2) is 47.8 Å². The van der Waals surface area contributed by atoms with Crippen LogP contribution in [-0.2, 0) is 0 Å². The molecule has 0 bridgehead atoms. The quantitative estimate of drug-likeness (QED) is 0.164. The Morgan fingerprint density at radius 1 is 0.972 bits per heavy atom. The van der Waals surface area contributed by atoms with Crippen LogP contribution in [0.2, 0.25) is 0 Å². The summed E-state index contributed by atoms with van der Waals surface area (Å²) in [5.41, 5.74) is 2.30. The Balaban J connectivity index is 1.68. The molecule has 0 aliphatic heterocycles. The zero-order chi connectivity index (χ0) is 25.7. The molecule has 0 spiro atoms. The highest BCUT2D eigenvalue weighted by atomic mass is 32.1. The van der Waals surface area contributed by atoms with Gasteiger partial charge >= 0.3 is 0 Å². The summed E-state index contributed by atoms with van der Waals surface area (Å²) in [7, 11) is 0. The number of terminal acetylenes is 1. The SMILES string of the molecule is C#CC(=O)c1ccc2c(C(=O)c3ccc(OCCN(CC)CC)cc3)c(-c3ccc(O)cc3)sc2c1. The minimum atomic E-state index is -0.402. The first kappa shape index (κ1) is 25.2. The number of phenols is 1. The Bertz CT molecular complexity index is 1430. The third-order valence-corrected chi connectivity index (χ3v) is 7.33. The Morgan fingerprint density at radius 3 is 2.28 bits per heavy atom. The first-order valence-corrected chi connectivity index (χ1v) is 12.6. The summed E-state index contributed by atoms with van der Waals surface area (Å²) in [6.45, 7) is 7.62. The summed E-state index contributed by atoms with van der Waals surface area (Å²) in [6.07, 6.45) is 5.30. The van der Waals surface area contributed by atoms with Crippen LogP contribution in [0.15, 0.2) is 66.7 Å². The number of ketones is 2. The Morgan fingerprint density at radius 2 is 1.64 bits per heavy atom. The van der Waals surface area contributed by atoms with E-state index in [1.165, 1.54) is 11.3 Å². The van der Waals surface area contributed by atoms with Crippen molar-refractivity contribution >= 4 is 33.0 Å². The van der Waals surface area contributed by atoms with Gasteiger partial charge in [-0.2, -0.15) is 0 Å². The average molecular weight is 498 g/mol. The number of Topliss-reactive ketones (excluding diaryl/α,β-unsaturated/α-hetero) is 1. The van der Waals surface area contributed by atoms with Crippen LogP contribution in [0.1, 0.15) is 40.1 Å². The number of fused-ring (bicyclic) bond motifs is 1. The van der Waals surface area contributed by atoms with Crippen LogP contribution in [0.5, 0.6) is 11.5 Å². The largest absolute Gasteiger partial charge is 0.508 e. The fraction of sp³-hybridized carbons (Fsp3) is 0.200. The number of carbonyl (C=O) groups is 2. The van der Waals surface area contributed by atoms with Gasteiger partial charge in [0.15, 0.2) is 5.78 Å². The van der Waals surface area contributed by atoms with Crippen molar-refractivity contribution in [2.45, 2.75) is 13.8 Å². The van der Waals surface area contributed by atoms with Gasteiger partial charge < -0.3 is 14.7 Å². The minimum Gasteiger partial charge on any atom is -0.508 e. The van der Waals surface area contributed by atoms with Crippen molar-refractivity contribution in [3.8, 4) is 34.3 Å². The summed E-state index contributed by atoms with van der Waals surface area (Å²) in [6, 6.07) is 19.1. The molecule has 0 saturated carbocycles. The summed E-state index contributed by atoms with van der Waals surface area (Å²) in [5.74, 6) is 2.47.